The van der Waals surface area contributed by atoms with Crippen LogP contribution in [0, 0.1) is 20.8 Å². The second kappa shape index (κ2) is 10.5. The maximum absolute atomic E-state index is 12.1. The number of thiocarbonyl (C=S) groups is 1. The molecule has 0 unspecified atom stereocenters. The standard InChI is InChI=1S/C26H28N6O2S/c1-17-9-5-6-10-20(17)14-31-16-22(13-27-31)28-26(35)29-24-18(2)30-32(19(24)3)15-21-11-7-8-12-23(21)25(33)34-4/h5-13,16H,14-15H2,1-4H3,(H2,28,29,35). The van der Waals surface area contributed by atoms with Crippen molar-refractivity contribution in [2.45, 2.75) is 33.9 Å². The van der Waals surface area contributed by atoms with Gasteiger partial charge in [0.25, 0.3) is 0 Å². The van der Waals surface area contributed by atoms with Gasteiger partial charge in [0.1, 0.15) is 0 Å². The Kier molecular flexibility index (Phi) is 7.26. The first kappa shape index (κ1) is 24.2. The van der Waals surface area contributed by atoms with Gasteiger partial charge < -0.3 is 15.4 Å². The number of hydrogen-bond acceptors (Lipinski definition) is 5. The fraction of sp³-hybridized carbons (Fsp3) is 0.231. The molecule has 0 aliphatic carbocycles. The molecule has 0 spiro atoms. The lowest BCUT2D eigenvalue weighted by Crippen LogP contribution is -2.19. The molecule has 180 valence electrons. The van der Waals surface area contributed by atoms with Crippen LogP contribution in [0.4, 0.5) is 11.4 Å². The van der Waals surface area contributed by atoms with Crippen molar-refractivity contribution in [3.63, 3.8) is 0 Å². The third-order valence-electron chi connectivity index (χ3n) is 5.85. The highest BCUT2D eigenvalue weighted by atomic mass is 32.1. The maximum atomic E-state index is 12.1. The molecule has 0 amide bonds. The van der Waals surface area contributed by atoms with E-state index in [4.69, 9.17) is 17.0 Å². The number of carbonyl (C=O) groups excluding carboxylic acids is 1. The summed E-state index contributed by atoms with van der Waals surface area (Å²) in [5.74, 6) is -0.367. The summed E-state index contributed by atoms with van der Waals surface area (Å²) in [5.41, 5.74) is 7.13. The molecule has 2 heterocycles. The molecule has 2 aromatic carbocycles. The average Bonchev–Trinajstić information content (AvgIpc) is 3.39. The van der Waals surface area contributed by atoms with Gasteiger partial charge in [0.05, 0.1) is 54.7 Å². The van der Waals surface area contributed by atoms with Crippen molar-refractivity contribution in [1.82, 2.24) is 19.6 Å². The van der Waals surface area contributed by atoms with Gasteiger partial charge >= 0.3 is 5.97 Å². The highest BCUT2D eigenvalue weighted by Gasteiger charge is 2.17. The zero-order valence-corrected chi connectivity index (χ0v) is 21.0. The van der Waals surface area contributed by atoms with E-state index >= 15 is 0 Å². The zero-order valence-electron chi connectivity index (χ0n) is 20.2. The van der Waals surface area contributed by atoms with Crippen LogP contribution in [0.2, 0.25) is 0 Å². The van der Waals surface area contributed by atoms with Crippen LogP contribution in [0.3, 0.4) is 0 Å². The first-order valence-electron chi connectivity index (χ1n) is 11.2. The van der Waals surface area contributed by atoms with E-state index in [0.29, 0.717) is 23.8 Å². The van der Waals surface area contributed by atoms with Gasteiger partial charge in [-0.1, -0.05) is 42.5 Å². The van der Waals surface area contributed by atoms with Crippen molar-refractivity contribution in [3.8, 4) is 0 Å². The molecule has 0 aliphatic rings. The SMILES string of the molecule is COC(=O)c1ccccc1Cn1nc(C)c(NC(=S)Nc2cnn(Cc3ccccc3C)c2)c1C. The summed E-state index contributed by atoms with van der Waals surface area (Å²) in [7, 11) is 1.38. The molecule has 0 bridgehead atoms. The quantitative estimate of drug-likeness (QED) is 0.288. The predicted octanol–water partition coefficient (Wildman–Crippen LogP) is 4.70. The number of methoxy groups -OCH3 is 1. The van der Waals surface area contributed by atoms with Crippen molar-refractivity contribution in [2.24, 2.45) is 0 Å². The smallest absolute Gasteiger partial charge is 0.338 e. The Labute approximate surface area is 209 Å². The number of hydrogen-bond donors (Lipinski definition) is 2. The third-order valence-corrected chi connectivity index (χ3v) is 6.05. The van der Waals surface area contributed by atoms with Crippen LogP contribution in [-0.4, -0.2) is 37.8 Å². The molecule has 35 heavy (non-hydrogen) atoms. The number of anilines is 2. The zero-order chi connectivity index (χ0) is 24.9. The first-order chi connectivity index (χ1) is 16.9. The van der Waals surface area contributed by atoms with E-state index in [0.717, 1.165) is 28.3 Å². The van der Waals surface area contributed by atoms with E-state index in [1.807, 2.05) is 59.7 Å². The number of nitrogens with zero attached hydrogens (tertiary/aromatic N) is 4. The molecule has 0 fully saturated rings. The number of carbonyl (C=O) groups is 1. The van der Waals surface area contributed by atoms with Crippen LogP contribution in [0.5, 0.6) is 0 Å². The molecule has 2 aromatic heterocycles. The van der Waals surface area contributed by atoms with Crippen LogP contribution in [0.1, 0.15) is 38.4 Å². The van der Waals surface area contributed by atoms with Gasteiger partial charge in [-0.25, -0.2) is 4.79 Å². The highest BCUT2D eigenvalue weighted by Crippen LogP contribution is 2.22. The van der Waals surface area contributed by atoms with Crippen LogP contribution in [-0.2, 0) is 17.8 Å². The Morgan fingerprint density at radius 1 is 1.00 bits per heavy atom. The van der Waals surface area contributed by atoms with Crippen molar-refractivity contribution >= 4 is 34.7 Å². The number of benzene rings is 2. The summed E-state index contributed by atoms with van der Waals surface area (Å²) in [4.78, 5) is 12.1. The molecular formula is C26H28N6O2S. The maximum Gasteiger partial charge on any atom is 0.338 e. The van der Waals surface area contributed by atoms with Crippen LogP contribution >= 0.6 is 12.2 Å². The Bertz CT molecular complexity index is 1370. The summed E-state index contributed by atoms with van der Waals surface area (Å²) in [6.07, 6.45) is 3.67. The molecule has 0 radical (unpaired) electrons. The number of esters is 1. The molecule has 2 N–H and O–H groups in total. The molecule has 0 atom stereocenters. The van der Waals surface area contributed by atoms with Crippen molar-refractivity contribution in [1.29, 1.82) is 0 Å². The summed E-state index contributed by atoms with van der Waals surface area (Å²) in [6, 6.07) is 15.6. The van der Waals surface area contributed by atoms with E-state index < -0.39 is 0 Å². The predicted molar refractivity (Wildman–Crippen MR) is 141 cm³/mol. The minimum absolute atomic E-state index is 0.367. The Balaban J connectivity index is 1.43. The molecule has 0 aliphatic heterocycles. The largest absolute Gasteiger partial charge is 0.465 e. The minimum atomic E-state index is -0.367. The van der Waals surface area contributed by atoms with Gasteiger partial charge in [0.15, 0.2) is 5.11 Å². The molecular weight excluding hydrogens is 460 g/mol. The number of aromatic nitrogens is 4. The third kappa shape index (κ3) is 5.58. The summed E-state index contributed by atoms with van der Waals surface area (Å²) < 4.78 is 8.64. The fourth-order valence-electron chi connectivity index (χ4n) is 3.91. The lowest BCUT2D eigenvalue weighted by Gasteiger charge is -2.11. The van der Waals surface area contributed by atoms with Crippen molar-refractivity contribution in [3.05, 3.63) is 94.6 Å². The first-order valence-corrected chi connectivity index (χ1v) is 11.6. The summed E-state index contributed by atoms with van der Waals surface area (Å²) in [6.45, 7) is 7.10. The molecule has 0 saturated heterocycles. The van der Waals surface area contributed by atoms with E-state index in [1.54, 1.807) is 12.3 Å². The van der Waals surface area contributed by atoms with Crippen molar-refractivity contribution in [2.75, 3.05) is 17.7 Å². The van der Waals surface area contributed by atoms with Gasteiger partial charge in [-0.05, 0) is 55.7 Å². The van der Waals surface area contributed by atoms with Crippen molar-refractivity contribution < 1.29 is 9.53 Å². The highest BCUT2D eigenvalue weighted by molar-refractivity contribution is 7.80. The number of ether oxygens (including phenoxy) is 1. The summed E-state index contributed by atoms with van der Waals surface area (Å²) in [5, 5.41) is 16.0. The lowest BCUT2D eigenvalue weighted by atomic mass is 10.1. The second-order valence-corrected chi connectivity index (χ2v) is 8.69. The average molecular weight is 489 g/mol. The fourth-order valence-corrected chi connectivity index (χ4v) is 4.13. The van der Waals surface area contributed by atoms with Gasteiger partial charge in [-0.2, -0.15) is 10.2 Å². The Morgan fingerprint density at radius 2 is 1.71 bits per heavy atom. The molecule has 9 heteroatoms. The van der Waals surface area contributed by atoms with E-state index in [1.165, 1.54) is 18.2 Å². The molecule has 4 aromatic rings. The summed E-state index contributed by atoms with van der Waals surface area (Å²) >= 11 is 5.55. The van der Waals surface area contributed by atoms with Gasteiger partial charge in [-0.3, -0.25) is 9.36 Å². The minimum Gasteiger partial charge on any atom is -0.465 e. The van der Waals surface area contributed by atoms with E-state index in [-0.39, 0.29) is 5.97 Å². The Hall–Kier alpha value is -3.98. The number of aryl methyl sites for hydroxylation is 2. The van der Waals surface area contributed by atoms with Crippen LogP contribution in [0.25, 0.3) is 0 Å². The van der Waals surface area contributed by atoms with E-state index in [2.05, 4.69) is 39.9 Å². The topological polar surface area (TPSA) is 86.0 Å². The monoisotopic (exact) mass is 488 g/mol. The van der Waals surface area contributed by atoms with Gasteiger partial charge in [0.2, 0.25) is 0 Å². The lowest BCUT2D eigenvalue weighted by molar-refractivity contribution is 0.0599. The van der Waals surface area contributed by atoms with Gasteiger partial charge in [0, 0.05) is 6.20 Å². The number of rotatable bonds is 7. The van der Waals surface area contributed by atoms with Gasteiger partial charge in [-0.15, -0.1) is 0 Å². The van der Waals surface area contributed by atoms with Crippen LogP contribution in [0.15, 0.2) is 60.9 Å². The molecule has 8 nitrogen and oxygen atoms in total. The Morgan fingerprint density at radius 3 is 2.46 bits per heavy atom. The number of nitrogens with one attached hydrogen (secondary N) is 2. The van der Waals surface area contributed by atoms with E-state index in [9.17, 15) is 4.79 Å². The van der Waals surface area contributed by atoms with Crippen LogP contribution < -0.4 is 10.6 Å². The normalized spacial score (nSPS) is 10.7. The molecule has 4 rings (SSSR count). The molecule has 0 saturated carbocycles. The second-order valence-electron chi connectivity index (χ2n) is 8.28.